The number of aromatic hydroxyl groups is 1. The number of amides is 1. The number of phenolic OH excluding ortho intramolecular Hbond substituents is 1. The summed E-state index contributed by atoms with van der Waals surface area (Å²) < 4.78 is 0. The van der Waals surface area contributed by atoms with Crippen LogP contribution in [0.5, 0.6) is 5.75 Å². The van der Waals surface area contributed by atoms with Gasteiger partial charge in [0.1, 0.15) is 5.75 Å². The van der Waals surface area contributed by atoms with Gasteiger partial charge in [-0.15, -0.1) is 0 Å². The number of carbonyl (C=O) groups is 1. The number of phenols is 1. The Hall–Kier alpha value is -1.22. The maximum atomic E-state index is 12.2. The molecule has 1 aromatic rings. The molecule has 0 aromatic heterocycles. The number of hydrogen-bond acceptors (Lipinski definition) is 2. The van der Waals surface area contributed by atoms with Crippen molar-refractivity contribution in [1.29, 1.82) is 0 Å². The van der Waals surface area contributed by atoms with Crippen molar-refractivity contribution in [2.24, 2.45) is 0 Å². The lowest BCUT2D eigenvalue weighted by Gasteiger charge is -2.26. The molecule has 0 bridgehead atoms. The van der Waals surface area contributed by atoms with Gasteiger partial charge in [-0.25, -0.2) is 0 Å². The van der Waals surface area contributed by atoms with Crippen LogP contribution in [-0.2, 0) is 0 Å². The molecule has 1 amide bonds. The monoisotopic (exact) mass is 255 g/mol. The number of halogens is 1. The maximum absolute atomic E-state index is 12.2. The van der Waals surface area contributed by atoms with E-state index >= 15 is 0 Å². The fourth-order valence-electron chi connectivity index (χ4n) is 1.64. The molecule has 1 aromatic carbocycles. The summed E-state index contributed by atoms with van der Waals surface area (Å²) in [6.45, 7) is 6.71. The minimum absolute atomic E-state index is 0.00481. The number of hydrogen-bond donors (Lipinski definition) is 1. The Morgan fingerprint density at radius 1 is 1.47 bits per heavy atom. The molecule has 0 fully saturated rings. The van der Waals surface area contributed by atoms with Crippen molar-refractivity contribution in [1.82, 2.24) is 4.90 Å². The van der Waals surface area contributed by atoms with Crippen LogP contribution in [0.25, 0.3) is 0 Å². The van der Waals surface area contributed by atoms with Gasteiger partial charge in [0.25, 0.3) is 5.91 Å². The highest BCUT2D eigenvalue weighted by atomic mass is 35.5. The van der Waals surface area contributed by atoms with Crippen molar-refractivity contribution < 1.29 is 9.90 Å². The van der Waals surface area contributed by atoms with E-state index < -0.39 is 0 Å². The van der Waals surface area contributed by atoms with Crippen LogP contribution in [0.1, 0.15) is 37.6 Å². The van der Waals surface area contributed by atoms with Crippen LogP contribution in [-0.4, -0.2) is 28.5 Å². The summed E-state index contributed by atoms with van der Waals surface area (Å²) in [5, 5.41) is 9.52. The molecule has 0 saturated carbocycles. The average molecular weight is 256 g/mol. The zero-order valence-electron chi connectivity index (χ0n) is 10.4. The molecule has 0 aliphatic rings. The summed E-state index contributed by atoms with van der Waals surface area (Å²) in [4.78, 5) is 14.0. The Morgan fingerprint density at radius 2 is 2.12 bits per heavy atom. The van der Waals surface area contributed by atoms with E-state index in [1.807, 2.05) is 20.8 Å². The van der Waals surface area contributed by atoms with Crippen LogP contribution < -0.4 is 0 Å². The fourth-order valence-corrected chi connectivity index (χ4v) is 1.82. The number of carbonyl (C=O) groups excluding carboxylic acids is 1. The van der Waals surface area contributed by atoms with Crippen LogP contribution >= 0.6 is 11.6 Å². The minimum atomic E-state index is -0.0521. The van der Waals surface area contributed by atoms with Gasteiger partial charge in [0.2, 0.25) is 0 Å². The quantitative estimate of drug-likeness (QED) is 0.897. The van der Waals surface area contributed by atoms with Crippen molar-refractivity contribution in [3.8, 4) is 5.75 Å². The van der Waals surface area contributed by atoms with Gasteiger partial charge in [0.05, 0.1) is 5.02 Å². The van der Waals surface area contributed by atoms with E-state index in [0.717, 1.165) is 13.0 Å². The molecule has 0 aliphatic carbocycles. The summed E-state index contributed by atoms with van der Waals surface area (Å²) in [7, 11) is 0. The van der Waals surface area contributed by atoms with Crippen molar-refractivity contribution >= 4 is 17.5 Å². The predicted molar refractivity (Wildman–Crippen MR) is 69.6 cm³/mol. The van der Waals surface area contributed by atoms with E-state index in [1.165, 1.54) is 12.1 Å². The van der Waals surface area contributed by atoms with Crippen LogP contribution in [0.15, 0.2) is 18.2 Å². The molecule has 1 N–H and O–H groups in total. The molecule has 0 aliphatic heterocycles. The smallest absolute Gasteiger partial charge is 0.254 e. The molecule has 4 heteroatoms. The Labute approximate surface area is 107 Å². The topological polar surface area (TPSA) is 40.5 Å². The van der Waals surface area contributed by atoms with Crippen molar-refractivity contribution in [2.75, 3.05) is 6.54 Å². The summed E-state index contributed by atoms with van der Waals surface area (Å²) >= 11 is 5.80. The van der Waals surface area contributed by atoms with Crippen LogP contribution in [0.3, 0.4) is 0 Å². The summed E-state index contributed by atoms with van der Waals surface area (Å²) in [5.74, 6) is -0.0569. The molecule has 1 rings (SSSR count). The molecule has 0 spiro atoms. The molecule has 17 heavy (non-hydrogen) atoms. The predicted octanol–water partition coefficient (Wildman–Crippen LogP) is 3.31. The van der Waals surface area contributed by atoms with E-state index in [2.05, 4.69) is 0 Å². The van der Waals surface area contributed by atoms with Crippen LogP contribution in [0.4, 0.5) is 0 Å². The van der Waals surface area contributed by atoms with Gasteiger partial charge < -0.3 is 10.0 Å². The van der Waals surface area contributed by atoms with E-state index in [4.69, 9.17) is 11.6 Å². The molecule has 0 heterocycles. The van der Waals surface area contributed by atoms with E-state index in [9.17, 15) is 9.90 Å². The second-order valence-electron chi connectivity index (χ2n) is 4.26. The van der Waals surface area contributed by atoms with Crippen LogP contribution in [0.2, 0.25) is 5.02 Å². The molecule has 0 radical (unpaired) electrons. The van der Waals surface area contributed by atoms with Crippen molar-refractivity contribution in [2.45, 2.75) is 33.2 Å². The first-order valence-electron chi connectivity index (χ1n) is 5.76. The zero-order chi connectivity index (χ0) is 13.0. The third kappa shape index (κ3) is 3.37. The Kier molecular flexibility index (Phi) is 4.82. The van der Waals surface area contributed by atoms with Gasteiger partial charge in [-0.2, -0.15) is 0 Å². The number of rotatable bonds is 4. The van der Waals surface area contributed by atoms with Gasteiger partial charge in [0.15, 0.2) is 0 Å². The largest absolute Gasteiger partial charge is 0.506 e. The second kappa shape index (κ2) is 5.92. The molecule has 0 saturated heterocycles. The summed E-state index contributed by atoms with van der Waals surface area (Å²) in [6.07, 6.45) is 0.912. The molecular weight excluding hydrogens is 238 g/mol. The molecular formula is C13H18ClNO2. The van der Waals surface area contributed by atoms with Crippen LogP contribution in [0, 0.1) is 0 Å². The second-order valence-corrected chi connectivity index (χ2v) is 4.67. The lowest BCUT2D eigenvalue weighted by atomic mass is 10.1. The highest BCUT2D eigenvalue weighted by molar-refractivity contribution is 6.32. The SMILES string of the molecule is CCCN(C(=O)c1ccc(O)c(Cl)c1)C(C)C. The number of benzene rings is 1. The maximum Gasteiger partial charge on any atom is 0.254 e. The molecule has 3 nitrogen and oxygen atoms in total. The lowest BCUT2D eigenvalue weighted by Crippen LogP contribution is -2.37. The van der Waals surface area contributed by atoms with Crippen molar-refractivity contribution in [3.63, 3.8) is 0 Å². The average Bonchev–Trinajstić information content (AvgIpc) is 2.28. The Morgan fingerprint density at radius 3 is 2.59 bits per heavy atom. The normalized spacial score (nSPS) is 10.6. The Bertz CT molecular complexity index is 404. The fraction of sp³-hybridized carbons (Fsp3) is 0.462. The first-order chi connectivity index (χ1) is 7.97. The summed E-state index contributed by atoms with van der Waals surface area (Å²) in [5.41, 5.74) is 0.509. The molecule has 94 valence electrons. The highest BCUT2D eigenvalue weighted by Gasteiger charge is 2.18. The van der Waals surface area contributed by atoms with Gasteiger partial charge in [0, 0.05) is 18.2 Å². The standard InChI is InChI=1S/C13H18ClNO2/c1-4-7-15(9(2)3)13(17)10-5-6-12(16)11(14)8-10/h5-6,8-9,16H,4,7H2,1-3H3. The van der Waals surface area contributed by atoms with E-state index in [0.29, 0.717) is 5.56 Å². The first-order valence-corrected chi connectivity index (χ1v) is 6.14. The third-order valence-corrected chi connectivity index (χ3v) is 2.85. The van der Waals surface area contributed by atoms with E-state index in [-0.39, 0.29) is 22.7 Å². The molecule has 0 atom stereocenters. The van der Waals surface area contributed by atoms with Gasteiger partial charge >= 0.3 is 0 Å². The van der Waals surface area contributed by atoms with Gasteiger partial charge in [-0.05, 0) is 38.5 Å². The summed E-state index contributed by atoms with van der Waals surface area (Å²) in [6, 6.07) is 4.69. The van der Waals surface area contributed by atoms with Gasteiger partial charge in [-0.3, -0.25) is 4.79 Å². The molecule has 0 unspecified atom stereocenters. The van der Waals surface area contributed by atoms with Gasteiger partial charge in [-0.1, -0.05) is 18.5 Å². The van der Waals surface area contributed by atoms with E-state index in [1.54, 1.807) is 11.0 Å². The minimum Gasteiger partial charge on any atom is -0.506 e. The Balaban J connectivity index is 2.97. The highest BCUT2D eigenvalue weighted by Crippen LogP contribution is 2.24. The zero-order valence-corrected chi connectivity index (χ0v) is 11.2. The van der Waals surface area contributed by atoms with Crippen molar-refractivity contribution in [3.05, 3.63) is 28.8 Å². The lowest BCUT2D eigenvalue weighted by molar-refractivity contribution is 0.0706. The third-order valence-electron chi connectivity index (χ3n) is 2.54. The first kappa shape index (κ1) is 13.8. The number of nitrogens with zero attached hydrogens (tertiary/aromatic N) is 1.